The molecule has 2 aromatic carbocycles. The summed E-state index contributed by atoms with van der Waals surface area (Å²) in [6, 6.07) is 5.01. The summed E-state index contributed by atoms with van der Waals surface area (Å²) in [6.07, 6.45) is 1.76. The van der Waals surface area contributed by atoms with Gasteiger partial charge >= 0.3 is 0 Å². The number of nitro benzene ring substituents is 1. The third-order valence-electron chi connectivity index (χ3n) is 4.00. The summed E-state index contributed by atoms with van der Waals surface area (Å²) in [5.41, 5.74) is 0.351. The van der Waals surface area contributed by atoms with Gasteiger partial charge in [-0.1, -0.05) is 23.2 Å². The lowest BCUT2D eigenvalue weighted by atomic mass is 10.1. The number of benzene rings is 2. The van der Waals surface area contributed by atoms with E-state index in [9.17, 15) is 18.5 Å². The van der Waals surface area contributed by atoms with E-state index in [1.165, 1.54) is 13.2 Å². The van der Waals surface area contributed by atoms with Crippen LogP contribution < -0.4 is 14.6 Å². The van der Waals surface area contributed by atoms with Crippen LogP contribution in [0.2, 0.25) is 10.0 Å². The van der Waals surface area contributed by atoms with Gasteiger partial charge in [0.15, 0.2) is 5.75 Å². The fourth-order valence-corrected chi connectivity index (χ4v) is 3.94. The lowest BCUT2D eigenvalue weighted by Crippen LogP contribution is -2.14. The van der Waals surface area contributed by atoms with Crippen LogP contribution in [0.3, 0.4) is 0 Å². The number of nitrogens with two attached hydrogens (primary N) is 1. The van der Waals surface area contributed by atoms with E-state index in [2.05, 4.69) is 0 Å². The van der Waals surface area contributed by atoms with Gasteiger partial charge in [0.1, 0.15) is 16.4 Å². The molecular weight excluding hydrogens is 419 g/mol. The minimum absolute atomic E-state index is 0.0313. The molecule has 3 rings (SSSR count). The number of nitro groups is 1. The van der Waals surface area contributed by atoms with Crippen LogP contribution in [0.25, 0.3) is 0 Å². The third kappa shape index (κ3) is 4.11. The van der Waals surface area contributed by atoms with Crippen molar-refractivity contribution in [1.29, 1.82) is 0 Å². The number of hydrogen-bond acceptors (Lipinski definition) is 6. The highest BCUT2D eigenvalue weighted by Gasteiger charge is 2.31. The molecular formula is C16H14Cl2N2O6S. The second kappa shape index (κ2) is 7.16. The van der Waals surface area contributed by atoms with Crippen LogP contribution in [0.15, 0.2) is 29.2 Å². The minimum Gasteiger partial charge on any atom is -0.495 e. The summed E-state index contributed by atoms with van der Waals surface area (Å²) in [6.45, 7) is 0. The Morgan fingerprint density at radius 2 is 1.74 bits per heavy atom. The van der Waals surface area contributed by atoms with Gasteiger partial charge in [-0.25, -0.2) is 13.6 Å². The largest absolute Gasteiger partial charge is 0.495 e. The van der Waals surface area contributed by atoms with Crippen LogP contribution in [0.4, 0.5) is 5.69 Å². The van der Waals surface area contributed by atoms with Gasteiger partial charge < -0.3 is 9.47 Å². The molecule has 0 amide bonds. The molecule has 0 unspecified atom stereocenters. The predicted molar refractivity (Wildman–Crippen MR) is 99.5 cm³/mol. The Kier molecular flexibility index (Phi) is 5.22. The fraction of sp³-hybridized carbons (Fsp3) is 0.250. The minimum atomic E-state index is -4.09. The van der Waals surface area contributed by atoms with Gasteiger partial charge in [0.2, 0.25) is 10.0 Å². The first-order valence-electron chi connectivity index (χ1n) is 7.68. The molecule has 11 heteroatoms. The number of primary sulfonamides is 1. The predicted octanol–water partition coefficient (Wildman–Crippen LogP) is 4.23. The van der Waals surface area contributed by atoms with Crippen LogP contribution in [-0.2, 0) is 10.0 Å². The number of hydrogen-bond donors (Lipinski definition) is 1. The summed E-state index contributed by atoms with van der Waals surface area (Å²) in [4.78, 5) is 10.0. The van der Waals surface area contributed by atoms with Crippen LogP contribution in [-0.4, -0.2) is 20.5 Å². The van der Waals surface area contributed by atoms with Gasteiger partial charge in [0, 0.05) is 23.8 Å². The molecule has 0 bridgehead atoms. The SMILES string of the molecule is COc1c(C2CC2)cc(Oc2c(Cl)cc([N+](=O)[O-])cc2Cl)cc1S(N)(=O)=O. The standard InChI is InChI=1S/C16H14Cl2N2O6S/c1-25-15-11(8-2-3-8)6-10(7-14(15)27(19,23)24)26-16-12(17)4-9(20(21)22)5-13(16)18/h4-8H,2-3H2,1H3,(H2,19,23,24). The summed E-state index contributed by atoms with van der Waals surface area (Å²) in [7, 11) is -2.73. The van der Waals surface area contributed by atoms with Crippen molar-refractivity contribution in [3.63, 3.8) is 0 Å². The zero-order chi connectivity index (χ0) is 19.9. The molecule has 27 heavy (non-hydrogen) atoms. The summed E-state index contributed by atoms with van der Waals surface area (Å²) >= 11 is 12.1. The van der Waals surface area contributed by atoms with Crippen molar-refractivity contribution in [2.75, 3.05) is 7.11 Å². The molecule has 8 nitrogen and oxygen atoms in total. The maximum Gasteiger partial charge on any atom is 0.272 e. The van der Waals surface area contributed by atoms with E-state index in [1.807, 2.05) is 0 Å². The number of rotatable bonds is 6. The van der Waals surface area contributed by atoms with Gasteiger partial charge in [-0.05, 0) is 24.8 Å². The van der Waals surface area contributed by atoms with Crippen molar-refractivity contribution in [2.45, 2.75) is 23.7 Å². The molecule has 1 aliphatic carbocycles. The molecule has 0 heterocycles. The molecule has 1 fully saturated rings. The summed E-state index contributed by atoms with van der Waals surface area (Å²) in [5, 5.41) is 16.0. The molecule has 2 N–H and O–H groups in total. The lowest BCUT2D eigenvalue weighted by Gasteiger charge is -2.16. The number of methoxy groups -OCH3 is 1. The number of halogens is 2. The van der Waals surface area contributed by atoms with Gasteiger partial charge in [-0.3, -0.25) is 10.1 Å². The fourth-order valence-electron chi connectivity index (χ4n) is 2.65. The van der Waals surface area contributed by atoms with Gasteiger partial charge in [-0.15, -0.1) is 0 Å². The summed E-state index contributed by atoms with van der Waals surface area (Å²) in [5.74, 6) is 0.399. The smallest absolute Gasteiger partial charge is 0.272 e. The number of nitrogens with zero attached hydrogens (tertiary/aromatic N) is 1. The molecule has 0 aromatic heterocycles. The van der Waals surface area contributed by atoms with Crippen molar-refractivity contribution in [3.8, 4) is 17.2 Å². The van der Waals surface area contributed by atoms with Crippen molar-refractivity contribution >= 4 is 38.9 Å². The lowest BCUT2D eigenvalue weighted by molar-refractivity contribution is -0.384. The molecule has 0 aliphatic heterocycles. The highest BCUT2D eigenvalue weighted by Crippen LogP contribution is 2.49. The average molecular weight is 433 g/mol. The van der Waals surface area contributed by atoms with Crippen LogP contribution >= 0.6 is 23.2 Å². The Bertz CT molecular complexity index is 1010. The molecule has 0 spiro atoms. The topological polar surface area (TPSA) is 122 Å². The Morgan fingerprint density at radius 3 is 2.19 bits per heavy atom. The molecule has 0 atom stereocenters. The Labute approximate surface area is 165 Å². The zero-order valence-corrected chi connectivity index (χ0v) is 16.3. The number of non-ortho nitro benzene ring substituents is 1. The Balaban J connectivity index is 2.11. The first-order chi connectivity index (χ1) is 12.6. The number of ether oxygens (including phenoxy) is 2. The van der Waals surface area contributed by atoms with Gasteiger partial charge in [0.05, 0.1) is 22.1 Å². The van der Waals surface area contributed by atoms with Crippen molar-refractivity contribution in [2.24, 2.45) is 5.14 Å². The molecule has 0 saturated heterocycles. The Hall–Kier alpha value is -2.07. The van der Waals surface area contributed by atoms with E-state index in [0.29, 0.717) is 5.56 Å². The van der Waals surface area contributed by atoms with Crippen LogP contribution in [0.1, 0.15) is 24.3 Å². The molecule has 1 saturated carbocycles. The molecule has 0 radical (unpaired) electrons. The van der Waals surface area contributed by atoms with E-state index < -0.39 is 14.9 Å². The molecule has 144 valence electrons. The van der Waals surface area contributed by atoms with E-state index in [1.54, 1.807) is 6.07 Å². The third-order valence-corrected chi connectivity index (χ3v) is 5.48. The quantitative estimate of drug-likeness (QED) is 0.538. The second-order valence-corrected chi connectivity index (χ2v) is 8.31. The number of sulfonamides is 1. The highest BCUT2D eigenvalue weighted by atomic mass is 35.5. The highest BCUT2D eigenvalue weighted by molar-refractivity contribution is 7.89. The monoisotopic (exact) mass is 432 g/mol. The Morgan fingerprint density at radius 1 is 1.15 bits per heavy atom. The van der Waals surface area contributed by atoms with E-state index >= 15 is 0 Å². The van der Waals surface area contributed by atoms with Crippen molar-refractivity contribution in [3.05, 3.63) is 50.0 Å². The van der Waals surface area contributed by atoms with Gasteiger partial charge in [0.25, 0.3) is 5.69 Å². The first-order valence-corrected chi connectivity index (χ1v) is 9.98. The maximum absolute atomic E-state index is 12.0. The second-order valence-electron chi connectivity index (χ2n) is 5.96. The van der Waals surface area contributed by atoms with E-state index in [-0.39, 0.29) is 43.8 Å². The first kappa shape index (κ1) is 19.7. The van der Waals surface area contributed by atoms with E-state index in [0.717, 1.165) is 25.0 Å². The van der Waals surface area contributed by atoms with E-state index in [4.69, 9.17) is 37.8 Å². The average Bonchev–Trinajstić information content (AvgIpc) is 3.41. The van der Waals surface area contributed by atoms with Crippen molar-refractivity contribution < 1.29 is 22.8 Å². The zero-order valence-electron chi connectivity index (χ0n) is 13.9. The maximum atomic E-state index is 12.0. The molecule has 1 aliphatic rings. The normalized spacial score (nSPS) is 14.1. The van der Waals surface area contributed by atoms with Crippen LogP contribution in [0.5, 0.6) is 17.2 Å². The van der Waals surface area contributed by atoms with Gasteiger partial charge in [-0.2, -0.15) is 0 Å². The van der Waals surface area contributed by atoms with Crippen LogP contribution in [0, 0.1) is 10.1 Å². The van der Waals surface area contributed by atoms with Crippen molar-refractivity contribution in [1.82, 2.24) is 0 Å². The molecule has 2 aromatic rings. The summed E-state index contributed by atoms with van der Waals surface area (Å²) < 4.78 is 34.9.